The van der Waals surface area contributed by atoms with Crippen molar-refractivity contribution in [3.8, 4) is 5.75 Å². The SMILES string of the molecule is CCc1cc(=O)oc2c(C)c(OC(=O)[C@H](CC)NS(=O)(=O)c3ccc(C)cc3)ccc12. The van der Waals surface area contributed by atoms with Crippen molar-refractivity contribution in [1.29, 1.82) is 0 Å². The van der Waals surface area contributed by atoms with E-state index in [4.69, 9.17) is 9.15 Å². The maximum Gasteiger partial charge on any atom is 0.336 e. The number of fused-ring (bicyclic) bond motifs is 1. The largest absolute Gasteiger partial charge is 0.425 e. The van der Waals surface area contributed by atoms with Gasteiger partial charge in [0.2, 0.25) is 10.0 Å². The van der Waals surface area contributed by atoms with Crippen LogP contribution in [0.5, 0.6) is 5.75 Å². The zero-order valence-electron chi connectivity index (χ0n) is 17.9. The van der Waals surface area contributed by atoms with Crippen molar-refractivity contribution in [3.05, 3.63) is 69.6 Å². The number of sulfonamides is 1. The Kier molecular flexibility index (Phi) is 6.62. The van der Waals surface area contributed by atoms with Crippen LogP contribution >= 0.6 is 0 Å². The number of ether oxygens (including phenoxy) is 1. The van der Waals surface area contributed by atoms with Crippen LogP contribution in [0.2, 0.25) is 0 Å². The van der Waals surface area contributed by atoms with Gasteiger partial charge in [0.25, 0.3) is 0 Å². The van der Waals surface area contributed by atoms with Gasteiger partial charge in [0.05, 0.1) is 4.90 Å². The first-order valence-electron chi connectivity index (χ1n) is 10.0. The molecule has 7 nitrogen and oxygen atoms in total. The molecule has 0 bridgehead atoms. The Morgan fingerprint density at radius 2 is 1.77 bits per heavy atom. The van der Waals surface area contributed by atoms with E-state index in [0.29, 0.717) is 17.6 Å². The summed E-state index contributed by atoms with van der Waals surface area (Å²) in [7, 11) is -3.90. The van der Waals surface area contributed by atoms with E-state index in [-0.39, 0.29) is 17.1 Å². The van der Waals surface area contributed by atoms with Crippen LogP contribution in [0.4, 0.5) is 0 Å². The highest BCUT2D eigenvalue weighted by Gasteiger charge is 2.26. The first-order chi connectivity index (χ1) is 14.7. The summed E-state index contributed by atoms with van der Waals surface area (Å²) in [6, 6.07) is 10.1. The molecule has 0 fully saturated rings. The monoisotopic (exact) mass is 443 g/mol. The van der Waals surface area contributed by atoms with Gasteiger partial charge in [-0.2, -0.15) is 4.72 Å². The maximum absolute atomic E-state index is 12.7. The zero-order valence-corrected chi connectivity index (χ0v) is 18.7. The van der Waals surface area contributed by atoms with E-state index >= 15 is 0 Å². The first kappa shape index (κ1) is 22.7. The summed E-state index contributed by atoms with van der Waals surface area (Å²) < 4.78 is 38.5. The number of rotatable bonds is 7. The molecule has 0 aliphatic heterocycles. The molecule has 2 aromatic carbocycles. The molecule has 1 aromatic heterocycles. The molecule has 0 amide bonds. The second-order valence-corrected chi connectivity index (χ2v) is 9.04. The van der Waals surface area contributed by atoms with Crippen LogP contribution in [-0.2, 0) is 21.2 Å². The Morgan fingerprint density at radius 3 is 2.39 bits per heavy atom. The summed E-state index contributed by atoms with van der Waals surface area (Å²) >= 11 is 0. The lowest BCUT2D eigenvalue weighted by Gasteiger charge is -2.17. The number of carbonyl (C=O) groups is 1. The molecule has 0 radical (unpaired) electrons. The fraction of sp³-hybridized carbons (Fsp3) is 0.304. The lowest BCUT2D eigenvalue weighted by molar-refractivity contribution is -0.136. The highest BCUT2D eigenvalue weighted by atomic mass is 32.2. The van der Waals surface area contributed by atoms with Gasteiger partial charge in [-0.25, -0.2) is 18.0 Å². The van der Waals surface area contributed by atoms with Crippen molar-refractivity contribution in [2.45, 2.75) is 51.5 Å². The molecule has 31 heavy (non-hydrogen) atoms. The minimum atomic E-state index is -3.90. The fourth-order valence-electron chi connectivity index (χ4n) is 3.26. The quantitative estimate of drug-likeness (QED) is 0.340. The van der Waals surface area contributed by atoms with E-state index < -0.39 is 27.7 Å². The minimum absolute atomic E-state index is 0.0695. The molecular weight excluding hydrogens is 418 g/mol. The maximum atomic E-state index is 12.7. The summed E-state index contributed by atoms with van der Waals surface area (Å²) in [6.07, 6.45) is 0.852. The van der Waals surface area contributed by atoms with Gasteiger partial charge in [0.1, 0.15) is 17.4 Å². The number of hydrogen-bond acceptors (Lipinski definition) is 6. The summed E-state index contributed by atoms with van der Waals surface area (Å²) in [5, 5.41) is 0.770. The Morgan fingerprint density at radius 1 is 1.10 bits per heavy atom. The molecular formula is C23H25NO6S. The highest BCUT2D eigenvalue weighted by Crippen LogP contribution is 2.29. The molecule has 8 heteroatoms. The molecule has 164 valence electrons. The van der Waals surface area contributed by atoms with Crippen molar-refractivity contribution >= 4 is 27.0 Å². The van der Waals surface area contributed by atoms with Crippen molar-refractivity contribution in [3.63, 3.8) is 0 Å². The van der Waals surface area contributed by atoms with Gasteiger partial charge < -0.3 is 9.15 Å². The molecule has 0 saturated heterocycles. The molecule has 1 atom stereocenters. The number of esters is 1. The molecule has 0 aliphatic rings. The molecule has 3 aromatic rings. The van der Waals surface area contributed by atoms with Gasteiger partial charge in [-0.15, -0.1) is 0 Å². The van der Waals surface area contributed by atoms with Crippen molar-refractivity contribution < 1.29 is 22.4 Å². The fourth-order valence-corrected chi connectivity index (χ4v) is 4.53. The van der Waals surface area contributed by atoms with Crippen molar-refractivity contribution in [2.75, 3.05) is 0 Å². The van der Waals surface area contributed by atoms with Crippen molar-refractivity contribution in [1.82, 2.24) is 4.72 Å². The highest BCUT2D eigenvalue weighted by molar-refractivity contribution is 7.89. The molecule has 1 heterocycles. The summed E-state index contributed by atoms with van der Waals surface area (Å²) in [5.74, 6) is -0.531. The van der Waals surface area contributed by atoms with Gasteiger partial charge >= 0.3 is 11.6 Å². The number of aryl methyl sites for hydroxylation is 3. The second-order valence-electron chi connectivity index (χ2n) is 7.33. The predicted octanol–water partition coefficient (Wildman–Crippen LogP) is 3.63. The average molecular weight is 444 g/mol. The van der Waals surface area contributed by atoms with E-state index in [1.165, 1.54) is 18.2 Å². The average Bonchev–Trinajstić information content (AvgIpc) is 2.74. The number of carbonyl (C=O) groups excluding carboxylic acids is 1. The van der Waals surface area contributed by atoms with Crippen LogP contribution < -0.4 is 15.1 Å². The minimum Gasteiger partial charge on any atom is -0.425 e. The van der Waals surface area contributed by atoms with Crippen molar-refractivity contribution in [2.24, 2.45) is 0 Å². The third-order valence-corrected chi connectivity index (χ3v) is 6.60. The third kappa shape index (κ3) is 4.86. The second kappa shape index (κ2) is 9.03. The molecule has 3 rings (SSSR count). The van der Waals surface area contributed by atoms with Gasteiger partial charge in [-0.05, 0) is 56.5 Å². The van der Waals surface area contributed by atoms with E-state index in [1.54, 1.807) is 38.1 Å². The normalized spacial score (nSPS) is 12.6. The van der Waals surface area contributed by atoms with Crippen LogP contribution in [0, 0.1) is 13.8 Å². The van der Waals surface area contributed by atoms with Crippen LogP contribution in [0.25, 0.3) is 11.0 Å². The van der Waals surface area contributed by atoms with Crippen LogP contribution in [0.1, 0.15) is 37.0 Å². The number of nitrogens with one attached hydrogen (secondary N) is 1. The lowest BCUT2D eigenvalue weighted by atomic mass is 10.0. The standard InChI is InChI=1S/C23H25NO6S/c1-5-16-13-21(25)30-22-15(4)20(12-11-18(16)22)29-23(26)19(6-2)24-31(27,28)17-9-7-14(3)8-10-17/h7-13,19,24H,5-6H2,1-4H3/t19-/m0/s1. The van der Waals surface area contributed by atoms with Gasteiger partial charge in [0.15, 0.2) is 0 Å². The summed E-state index contributed by atoms with van der Waals surface area (Å²) in [6.45, 7) is 7.16. The first-order valence-corrected chi connectivity index (χ1v) is 11.5. The molecule has 1 N–H and O–H groups in total. The third-order valence-electron chi connectivity index (χ3n) is 5.11. The smallest absolute Gasteiger partial charge is 0.336 e. The number of hydrogen-bond donors (Lipinski definition) is 1. The Balaban J connectivity index is 1.87. The van der Waals surface area contributed by atoms with Gasteiger partial charge in [-0.3, -0.25) is 0 Å². The van der Waals surface area contributed by atoms with E-state index in [1.807, 2.05) is 13.8 Å². The predicted molar refractivity (Wildman–Crippen MR) is 118 cm³/mol. The summed E-state index contributed by atoms with van der Waals surface area (Å²) in [5.41, 5.74) is 2.13. The Bertz CT molecular complexity index is 1280. The van der Waals surface area contributed by atoms with Crippen LogP contribution in [0.3, 0.4) is 0 Å². The Labute approximate surface area is 181 Å². The number of benzene rings is 2. The molecule has 0 aliphatic carbocycles. The van der Waals surface area contributed by atoms with Crippen LogP contribution in [0.15, 0.2) is 56.6 Å². The van der Waals surface area contributed by atoms with E-state index in [0.717, 1.165) is 16.5 Å². The van der Waals surface area contributed by atoms with Gasteiger partial charge in [0, 0.05) is 17.0 Å². The lowest BCUT2D eigenvalue weighted by Crippen LogP contribution is -2.42. The van der Waals surface area contributed by atoms with Gasteiger partial charge in [-0.1, -0.05) is 31.5 Å². The molecule has 0 spiro atoms. The Hall–Kier alpha value is -2.97. The summed E-state index contributed by atoms with van der Waals surface area (Å²) in [4.78, 5) is 24.7. The molecule has 0 saturated carbocycles. The topological polar surface area (TPSA) is 103 Å². The van der Waals surface area contributed by atoms with E-state index in [2.05, 4.69) is 4.72 Å². The van der Waals surface area contributed by atoms with Crippen LogP contribution in [-0.4, -0.2) is 20.4 Å². The molecule has 0 unspecified atom stereocenters. The zero-order chi connectivity index (χ0) is 22.8. The van der Waals surface area contributed by atoms with E-state index in [9.17, 15) is 18.0 Å².